The van der Waals surface area contributed by atoms with Gasteiger partial charge in [-0.25, -0.2) is 4.79 Å². The fourth-order valence-electron chi connectivity index (χ4n) is 2.90. The highest BCUT2D eigenvalue weighted by atomic mass is 16.5. The Morgan fingerprint density at radius 1 is 1.08 bits per heavy atom. The van der Waals surface area contributed by atoms with Gasteiger partial charge in [-0.15, -0.1) is 0 Å². The molecule has 0 atom stereocenters. The fraction of sp³-hybridized carbons (Fsp3) is 0.250. The average molecular weight is 323 g/mol. The van der Waals surface area contributed by atoms with E-state index in [2.05, 4.69) is 24.3 Å². The highest BCUT2D eigenvalue weighted by Crippen LogP contribution is 2.28. The zero-order valence-electron chi connectivity index (χ0n) is 14.0. The molecule has 4 nitrogen and oxygen atoms in total. The van der Waals surface area contributed by atoms with Crippen molar-refractivity contribution in [3.8, 4) is 5.75 Å². The molecule has 24 heavy (non-hydrogen) atoms. The van der Waals surface area contributed by atoms with E-state index in [-0.39, 0.29) is 5.97 Å². The third-order valence-corrected chi connectivity index (χ3v) is 4.12. The maximum absolute atomic E-state index is 11.8. The molecule has 0 amide bonds. The van der Waals surface area contributed by atoms with Crippen molar-refractivity contribution < 1.29 is 14.3 Å². The highest BCUT2D eigenvalue weighted by molar-refractivity contribution is 5.97. The van der Waals surface area contributed by atoms with Crippen molar-refractivity contribution in [3.63, 3.8) is 0 Å². The number of rotatable bonds is 6. The predicted octanol–water partition coefficient (Wildman–Crippen LogP) is 3.98. The molecular formula is C20H21NO3. The van der Waals surface area contributed by atoms with E-state index < -0.39 is 0 Å². The number of hydrogen-bond donors (Lipinski definition) is 0. The van der Waals surface area contributed by atoms with Crippen LogP contribution in [0.25, 0.3) is 10.9 Å². The molecule has 0 aliphatic rings. The van der Waals surface area contributed by atoms with Crippen LogP contribution in [0.1, 0.15) is 22.5 Å². The lowest BCUT2D eigenvalue weighted by atomic mass is 10.1. The van der Waals surface area contributed by atoms with E-state index in [0.717, 1.165) is 29.5 Å². The summed E-state index contributed by atoms with van der Waals surface area (Å²) in [5.74, 6) is 0.446. The average Bonchev–Trinajstić information content (AvgIpc) is 2.96. The number of para-hydroxylation sites is 1. The zero-order valence-corrected chi connectivity index (χ0v) is 14.0. The van der Waals surface area contributed by atoms with Crippen molar-refractivity contribution >= 4 is 16.9 Å². The van der Waals surface area contributed by atoms with Crippen LogP contribution in [0.2, 0.25) is 0 Å². The Labute approximate surface area is 141 Å². The molecular weight excluding hydrogens is 302 g/mol. The smallest absolute Gasteiger partial charge is 0.354 e. The molecule has 1 aromatic heterocycles. The molecule has 0 saturated carbocycles. The van der Waals surface area contributed by atoms with Crippen molar-refractivity contribution in [2.24, 2.45) is 7.05 Å². The van der Waals surface area contributed by atoms with Gasteiger partial charge < -0.3 is 14.0 Å². The predicted molar refractivity (Wildman–Crippen MR) is 94.5 cm³/mol. The topological polar surface area (TPSA) is 40.5 Å². The summed E-state index contributed by atoms with van der Waals surface area (Å²) in [6.45, 7) is 0.632. The van der Waals surface area contributed by atoms with Gasteiger partial charge in [-0.1, -0.05) is 42.5 Å². The number of fused-ring (bicyclic) bond motifs is 1. The molecule has 0 aliphatic heterocycles. The quantitative estimate of drug-likeness (QED) is 0.509. The van der Waals surface area contributed by atoms with Crippen LogP contribution in [0.5, 0.6) is 5.75 Å². The summed E-state index contributed by atoms with van der Waals surface area (Å²) in [7, 11) is 3.24. The number of methoxy groups -OCH3 is 1. The molecule has 0 fully saturated rings. The van der Waals surface area contributed by atoms with Crippen LogP contribution in [0.15, 0.2) is 54.6 Å². The molecule has 0 spiro atoms. The number of carbonyl (C=O) groups excluding carboxylic acids is 1. The first-order valence-corrected chi connectivity index (χ1v) is 8.04. The minimum Gasteiger partial charge on any atom is -0.491 e. The molecule has 4 heteroatoms. The number of aromatic nitrogens is 1. The number of nitrogens with zero attached hydrogens (tertiary/aromatic N) is 1. The first kappa shape index (κ1) is 16.1. The van der Waals surface area contributed by atoms with Crippen LogP contribution in [-0.4, -0.2) is 24.3 Å². The second-order valence-electron chi connectivity index (χ2n) is 5.71. The maximum atomic E-state index is 11.8. The van der Waals surface area contributed by atoms with E-state index in [1.807, 2.05) is 41.9 Å². The highest BCUT2D eigenvalue weighted by Gasteiger charge is 2.16. The van der Waals surface area contributed by atoms with Gasteiger partial charge in [0.05, 0.1) is 19.2 Å². The molecule has 3 aromatic rings. The van der Waals surface area contributed by atoms with Crippen LogP contribution in [0.3, 0.4) is 0 Å². The van der Waals surface area contributed by atoms with E-state index in [9.17, 15) is 4.79 Å². The Balaban J connectivity index is 1.72. The number of benzene rings is 2. The monoisotopic (exact) mass is 323 g/mol. The fourth-order valence-corrected chi connectivity index (χ4v) is 2.90. The van der Waals surface area contributed by atoms with Gasteiger partial charge in [0.1, 0.15) is 11.4 Å². The Morgan fingerprint density at radius 3 is 2.62 bits per heavy atom. The molecule has 124 valence electrons. The second kappa shape index (κ2) is 7.21. The normalized spacial score (nSPS) is 10.8. The van der Waals surface area contributed by atoms with Crippen molar-refractivity contribution in [2.75, 3.05) is 13.7 Å². The van der Waals surface area contributed by atoms with Crippen molar-refractivity contribution in [3.05, 3.63) is 65.9 Å². The van der Waals surface area contributed by atoms with Crippen LogP contribution < -0.4 is 4.74 Å². The number of aryl methyl sites for hydroxylation is 2. The minimum atomic E-state index is -0.344. The summed E-state index contributed by atoms with van der Waals surface area (Å²) in [5.41, 5.74) is 2.75. The lowest BCUT2D eigenvalue weighted by Crippen LogP contribution is -2.07. The molecule has 0 aliphatic carbocycles. The molecule has 0 N–H and O–H groups in total. The number of esters is 1. The van der Waals surface area contributed by atoms with Crippen molar-refractivity contribution in [1.29, 1.82) is 0 Å². The first-order chi connectivity index (χ1) is 11.7. The van der Waals surface area contributed by atoms with Gasteiger partial charge in [-0.2, -0.15) is 0 Å². The lowest BCUT2D eigenvalue weighted by Gasteiger charge is -2.10. The molecule has 0 bridgehead atoms. The number of carbonyl (C=O) groups is 1. The van der Waals surface area contributed by atoms with Crippen LogP contribution >= 0.6 is 0 Å². The maximum Gasteiger partial charge on any atom is 0.354 e. The summed E-state index contributed by atoms with van der Waals surface area (Å²) in [5, 5.41) is 0.971. The molecule has 2 aromatic carbocycles. The van der Waals surface area contributed by atoms with Gasteiger partial charge in [-0.05, 0) is 30.5 Å². The molecule has 0 saturated heterocycles. The largest absolute Gasteiger partial charge is 0.491 e. The van der Waals surface area contributed by atoms with Crippen molar-refractivity contribution in [2.45, 2.75) is 12.8 Å². The van der Waals surface area contributed by atoms with Gasteiger partial charge in [0.2, 0.25) is 0 Å². The molecule has 1 heterocycles. The second-order valence-corrected chi connectivity index (χ2v) is 5.71. The summed E-state index contributed by atoms with van der Waals surface area (Å²) < 4.78 is 12.6. The summed E-state index contributed by atoms with van der Waals surface area (Å²) in [4.78, 5) is 11.8. The standard InChI is InChI=1S/C20H21NO3/c1-21-17(20(22)23-2)14-16-11-6-12-18(19(16)21)24-13-7-10-15-8-4-3-5-9-15/h3-6,8-9,11-12,14H,7,10,13H2,1-2H3. The van der Waals surface area contributed by atoms with Gasteiger partial charge in [0, 0.05) is 12.4 Å². The molecule has 3 rings (SSSR count). The van der Waals surface area contributed by atoms with Gasteiger partial charge in [0.25, 0.3) is 0 Å². The Morgan fingerprint density at radius 2 is 1.88 bits per heavy atom. The molecule has 0 unspecified atom stereocenters. The summed E-state index contributed by atoms with van der Waals surface area (Å²) in [6, 6.07) is 18.1. The summed E-state index contributed by atoms with van der Waals surface area (Å²) in [6.07, 6.45) is 1.92. The van der Waals surface area contributed by atoms with Crippen LogP contribution in [0.4, 0.5) is 0 Å². The first-order valence-electron chi connectivity index (χ1n) is 8.04. The molecule has 0 radical (unpaired) electrons. The Kier molecular flexibility index (Phi) is 4.85. The third-order valence-electron chi connectivity index (χ3n) is 4.12. The SMILES string of the molecule is COC(=O)c1cc2cccc(OCCCc3ccccc3)c2n1C. The van der Waals surface area contributed by atoms with Crippen LogP contribution in [-0.2, 0) is 18.2 Å². The van der Waals surface area contributed by atoms with E-state index in [1.54, 1.807) is 0 Å². The Bertz CT molecular complexity index is 837. The minimum absolute atomic E-state index is 0.344. The van der Waals surface area contributed by atoms with Gasteiger partial charge in [-0.3, -0.25) is 0 Å². The van der Waals surface area contributed by atoms with Gasteiger partial charge >= 0.3 is 5.97 Å². The zero-order chi connectivity index (χ0) is 16.9. The van der Waals surface area contributed by atoms with Crippen molar-refractivity contribution in [1.82, 2.24) is 4.57 Å². The van der Waals surface area contributed by atoms with Crippen LogP contribution in [0, 0.1) is 0 Å². The van der Waals surface area contributed by atoms with E-state index in [0.29, 0.717) is 12.3 Å². The lowest BCUT2D eigenvalue weighted by molar-refractivity contribution is 0.0590. The van der Waals surface area contributed by atoms with E-state index >= 15 is 0 Å². The number of ether oxygens (including phenoxy) is 2. The van der Waals surface area contributed by atoms with Gasteiger partial charge in [0.15, 0.2) is 0 Å². The Hall–Kier alpha value is -2.75. The summed E-state index contributed by atoms with van der Waals surface area (Å²) >= 11 is 0. The van der Waals surface area contributed by atoms with E-state index in [1.165, 1.54) is 12.7 Å². The van der Waals surface area contributed by atoms with E-state index in [4.69, 9.17) is 9.47 Å². The number of hydrogen-bond acceptors (Lipinski definition) is 3. The third kappa shape index (κ3) is 3.27.